The smallest absolute Gasteiger partial charge is 0.259 e. The van der Waals surface area contributed by atoms with E-state index in [0.717, 1.165) is 36.0 Å². The lowest BCUT2D eigenvalue weighted by Gasteiger charge is -2.11. The van der Waals surface area contributed by atoms with Crippen molar-refractivity contribution in [3.05, 3.63) is 39.0 Å². The summed E-state index contributed by atoms with van der Waals surface area (Å²) in [6, 6.07) is 0. The Kier molecular flexibility index (Phi) is 5.30. The van der Waals surface area contributed by atoms with Crippen LogP contribution in [0, 0.1) is 5.92 Å². The Morgan fingerprint density at radius 2 is 2.18 bits per heavy atom. The van der Waals surface area contributed by atoms with Gasteiger partial charge in [-0.2, -0.15) is 0 Å². The zero-order chi connectivity index (χ0) is 19.7. The highest BCUT2D eigenvalue weighted by molar-refractivity contribution is 7.18. The van der Waals surface area contributed by atoms with Crippen molar-refractivity contribution in [2.45, 2.75) is 58.9 Å². The van der Waals surface area contributed by atoms with Crippen LogP contribution in [0.15, 0.2) is 17.2 Å². The Bertz CT molecular complexity index is 1060. The van der Waals surface area contributed by atoms with E-state index in [1.807, 2.05) is 10.8 Å². The summed E-state index contributed by atoms with van der Waals surface area (Å²) in [4.78, 5) is 38.7. The number of H-pyrrole nitrogens is 1. The van der Waals surface area contributed by atoms with E-state index in [9.17, 15) is 9.59 Å². The maximum Gasteiger partial charge on any atom is 0.259 e. The van der Waals surface area contributed by atoms with Crippen molar-refractivity contribution >= 4 is 33.4 Å². The molecule has 0 aromatic carbocycles. The van der Waals surface area contributed by atoms with E-state index < -0.39 is 0 Å². The molecule has 1 amide bonds. The fraction of sp³-hybridized carbons (Fsp3) is 0.500. The summed E-state index contributed by atoms with van der Waals surface area (Å²) in [5.74, 6) is 1.45. The molecular weight excluding hydrogens is 374 g/mol. The number of aromatic nitrogens is 4. The Hall–Kier alpha value is -2.48. The van der Waals surface area contributed by atoms with Gasteiger partial charge in [0.1, 0.15) is 10.7 Å². The molecule has 148 valence electrons. The van der Waals surface area contributed by atoms with E-state index in [-0.39, 0.29) is 17.9 Å². The molecule has 4 rings (SSSR count). The van der Waals surface area contributed by atoms with E-state index in [0.29, 0.717) is 24.1 Å². The second-order valence-corrected chi connectivity index (χ2v) is 8.83. The number of nitrogens with zero attached hydrogens (tertiary/aromatic N) is 3. The van der Waals surface area contributed by atoms with Gasteiger partial charge in [0.05, 0.1) is 5.39 Å². The van der Waals surface area contributed by atoms with Gasteiger partial charge in [-0.05, 0) is 37.2 Å². The predicted octanol–water partition coefficient (Wildman–Crippen LogP) is 3.29. The van der Waals surface area contributed by atoms with Crippen LogP contribution in [0.25, 0.3) is 10.2 Å². The van der Waals surface area contributed by atoms with Crippen LogP contribution in [-0.2, 0) is 30.6 Å². The summed E-state index contributed by atoms with van der Waals surface area (Å²) in [6.45, 7) is 5.03. The molecule has 0 aliphatic heterocycles. The van der Waals surface area contributed by atoms with Gasteiger partial charge in [-0.15, -0.1) is 11.3 Å². The topological polar surface area (TPSA) is 92.7 Å². The summed E-state index contributed by atoms with van der Waals surface area (Å²) in [6.07, 6.45) is 8.49. The molecule has 1 aliphatic carbocycles. The minimum absolute atomic E-state index is 0.0766. The van der Waals surface area contributed by atoms with E-state index in [4.69, 9.17) is 0 Å². The van der Waals surface area contributed by atoms with E-state index in [1.54, 1.807) is 17.5 Å². The van der Waals surface area contributed by atoms with Gasteiger partial charge in [-0.1, -0.05) is 13.8 Å². The first kappa shape index (κ1) is 18.9. The number of hydrogen-bond acceptors (Lipinski definition) is 5. The van der Waals surface area contributed by atoms with Crippen molar-refractivity contribution in [1.82, 2.24) is 19.5 Å². The molecule has 2 N–H and O–H groups in total. The van der Waals surface area contributed by atoms with Crippen molar-refractivity contribution in [3.63, 3.8) is 0 Å². The lowest BCUT2D eigenvalue weighted by atomic mass is 9.97. The molecule has 0 fully saturated rings. The number of rotatable bonds is 6. The van der Waals surface area contributed by atoms with Crippen molar-refractivity contribution in [2.75, 3.05) is 5.32 Å². The van der Waals surface area contributed by atoms with Crippen molar-refractivity contribution in [2.24, 2.45) is 5.92 Å². The van der Waals surface area contributed by atoms with Crippen LogP contribution >= 0.6 is 11.3 Å². The SMILES string of the molecule is CC(C)Cn1ccnc1NC(=O)CCc1nc2sc3c(c2c(=O)[nH]1)CCCC3. The molecular formula is C20H25N5O2S. The molecule has 0 unspecified atom stereocenters. The third-order valence-electron chi connectivity index (χ3n) is 4.99. The van der Waals surface area contributed by atoms with Crippen molar-refractivity contribution < 1.29 is 4.79 Å². The van der Waals surface area contributed by atoms with Crippen LogP contribution in [0.3, 0.4) is 0 Å². The Labute approximate surface area is 167 Å². The number of fused-ring (bicyclic) bond motifs is 3. The van der Waals surface area contributed by atoms with Crippen LogP contribution in [0.4, 0.5) is 5.95 Å². The first-order valence-corrected chi connectivity index (χ1v) is 10.7. The molecule has 0 atom stereocenters. The van der Waals surface area contributed by atoms with Gasteiger partial charge in [0.15, 0.2) is 0 Å². The quantitative estimate of drug-likeness (QED) is 0.665. The number of anilines is 1. The molecule has 0 saturated heterocycles. The summed E-state index contributed by atoms with van der Waals surface area (Å²) in [5.41, 5.74) is 1.11. The zero-order valence-corrected chi connectivity index (χ0v) is 17.1. The molecule has 1 aliphatic rings. The maximum absolute atomic E-state index is 12.6. The fourth-order valence-corrected chi connectivity index (χ4v) is 5.00. The summed E-state index contributed by atoms with van der Waals surface area (Å²) in [7, 11) is 0. The average molecular weight is 400 g/mol. The minimum Gasteiger partial charge on any atom is -0.317 e. The largest absolute Gasteiger partial charge is 0.317 e. The van der Waals surface area contributed by atoms with Crippen LogP contribution in [0.2, 0.25) is 0 Å². The normalized spacial score (nSPS) is 13.8. The first-order valence-electron chi connectivity index (χ1n) is 9.85. The molecule has 3 aromatic rings. The summed E-state index contributed by atoms with van der Waals surface area (Å²) >= 11 is 1.63. The molecule has 0 spiro atoms. The second kappa shape index (κ2) is 7.87. The van der Waals surface area contributed by atoms with Gasteiger partial charge in [0, 0.05) is 36.7 Å². The number of aryl methyl sites for hydroxylation is 3. The summed E-state index contributed by atoms with van der Waals surface area (Å²) in [5, 5.41) is 3.61. The van der Waals surface area contributed by atoms with Crippen molar-refractivity contribution in [3.8, 4) is 0 Å². The molecule has 28 heavy (non-hydrogen) atoms. The number of amides is 1. The number of carbonyl (C=O) groups is 1. The average Bonchev–Trinajstić information content (AvgIpc) is 3.23. The van der Waals surface area contributed by atoms with Gasteiger partial charge in [0.2, 0.25) is 11.9 Å². The monoisotopic (exact) mass is 399 g/mol. The molecule has 0 radical (unpaired) electrons. The van der Waals surface area contributed by atoms with Crippen LogP contribution in [-0.4, -0.2) is 25.4 Å². The highest BCUT2D eigenvalue weighted by Crippen LogP contribution is 2.33. The zero-order valence-electron chi connectivity index (χ0n) is 16.2. The van der Waals surface area contributed by atoms with Gasteiger partial charge in [-0.3, -0.25) is 14.9 Å². The highest BCUT2D eigenvalue weighted by atomic mass is 32.1. The molecule has 7 nitrogen and oxygen atoms in total. The standard InChI is InChI=1S/C20H25N5O2S/c1-12(2)11-25-10-9-21-20(25)24-16(26)8-7-15-22-18(27)17-13-5-3-4-6-14(13)28-19(17)23-15/h9-10,12H,3-8,11H2,1-2H3,(H,21,24,26)(H,22,23,27). The van der Waals surface area contributed by atoms with E-state index in [2.05, 4.69) is 34.1 Å². The van der Waals surface area contributed by atoms with Crippen LogP contribution in [0.5, 0.6) is 0 Å². The number of hydrogen-bond donors (Lipinski definition) is 2. The van der Waals surface area contributed by atoms with E-state index in [1.165, 1.54) is 16.9 Å². The molecule has 0 saturated carbocycles. The Balaban J connectivity index is 1.45. The van der Waals surface area contributed by atoms with Crippen LogP contribution < -0.4 is 10.9 Å². The lowest BCUT2D eigenvalue weighted by Crippen LogP contribution is -2.19. The van der Waals surface area contributed by atoms with Crippen LogP contribution in [0.1, 0.15) is 49.4 Å². The Morgan fingerprint density at radius 1 is 1.36 bits per heavy atom. The first-order chi connectivity index (χ1) is 13.5. The molecule has 3 heterocycles. The number of aromatic amines is 1. The van der Waals surface area contributed by atoms with Gasteiger partial charge in [-0.25, -0.2) is 9.97 Å². The minimum atomic E-state index is -0.135. The van der Waals surface area contributed by atoms with Crippen molar-refractivity contribution in [1.29, 1.82) is 0 Å². The molecule has 0 bridgehead atoms. The number of imidazole rings is 1. The Morgan fingerprint density at radius 3 is 3.00 bits per heavy atom. The molecule has 8 heteroatoms. The van der Waals surface area contributed by atoms with Gasteiger partial charge < -0.3 is 9.55 Å². The highest BCUT2D eigenvalue weighted by Gasteiger charge is 2.20. The fourth-order valence-electron chi connectivity index (χ4n) is 3.72. The number of thiophene rings is 1. The van der Waals surface area contributed by atoms with Gasteiger partial charge >= 0.3 is 0 Å². The summed E-state index contributed by atoms with van der Waals surface area (Å²) < 4.78 is 1.94. The van der Waals surface area contributed by atoms with E-state index >= 15 is 0 Å². The number of nitrogens with one attached hydrogen (secondary N) is 2. The predicted molar refractivity (Wildman–Crippen MR) is 111 cm³/mol. The number of carbonyl (C=O) groups excluding carboxylic acids is 1. The maximum atomic E-state index is 12.6. The van der Waals surface area contributed by atoms with Gasteiger partial charge in [0.25, 0.3) is 5.56 Å². The third kappa shape index (κ3) is 3.87. The second-order valence-electron chi connectivity index (χ2n) is 7.75. The lowest BCUT2D eigenvalue weighted by molar-refractivity contribution is -0.116. The molecule has 3 aromatic heterocycles. The third-order valence-corrected chi connectivity index (χ3v) is 6.18.